The molecule has 2 rings (SSSR count). The van der Waals surface area contributed by atoms with Crippen molar-refractivity contribution in [2.45, 2.75) is 65.1 Å². The molecule has 0 amide bonds. The molecule has 1 saturated carbocycles. The summed E-state index contributed by atoms with van der Waals surface area (Å²) in [6, 6.07) is 3.39. The minimum absolute atomic E-state index is 0.516. The third-order valence-electron chi connectivity index (χ3n) is 4.00. The van der Waals surface area contributed by atoms with Crippen LogP contribution in [0.25, 0.3) is 0 Å². The SMILES string of the molecule is CCN(c1cnccc1CNC(C)C)C1CCCC1. The van der Waals surface area contributed by atoms with Crippen molar-refractivity contribution in [1.29, 1.82) is 0 Å². The first kappa shape index (κ1) is 14.3. The van der Waals surface area contributed by atoms with E-state index in [9.17, 15) is 0 Å². The summed E-state index contributed by atoms with van der Waals surface area (Å²) in [5.74, 6) is 0. The molecule has 0 aliphatic heterocycles. The van der Waals surface area contributed by atoms with Crippen LogP contribution < -0.4 is 10.2 Å². The van der Waals surface area contributed by atoms with Gasteiger partial charge in [-0.1, -0.05) is 26.7 Å². The summed E-state index contributed by atoms with van der Waals surface area (Å²) in [5.41, 5.74) is 2.70. The van der Waals surface area contributed by atoms with Gasteiger partial charge in [0.2, 0.25) is 0 Å². The van der Waals surface area contributed by atoms with Crippen molar-refractivity contribution in [2.75, 3.05) is 11.4 Å². The van der Waals surface area contributed by atoms with Gasteiger partial charge < -0.3 is 10.2 Å². The van der Waals surface area contributed by atoms with Gasteiger partial charge in [0.25, 0.3) is 0 Å². The molecule has 0 aromatic carbocycles. The van der Waals surface area contributed by atoms with Crippen LogP contribution in [0.2, 0.25) is 0 Å². The van der Waals surface area contributed by atoms with Crippen molar-refractivity contribution in [1.82, 2.24) is 10.3 Å². The maximum atomic E-state index is 4.34. The van der Waals surface area contributed by atoms with Crippen LogP contribution in [-0.2, 0) is 6.54 Å². The molecule has 1 aliphatic carbocycles. The second-order valence-corrected chi connectivity index (χ2v) is 5.76. The maximum absolute atomic E-state index is 4.34. The lowest BCUT2D eigenvalue weighted by Crippen LogP contribution is -2.34. The average Bonchev–Trinajstić information content (AvgIpc) is 2.92. The molecule has 19 heavy (non-hydrogen) atoms. The average molecular weight is 261 g/mol. The van der Waals surface area contributed by atoms with Crippen LogP contribution in [0.3, 0.4) is 0 Å². The van der Waals surface area contributed by atoms with Gasteiger partial charge in [-0.05, 0) is 31.4 Å². The summed E-state index contributed by atoms with van der Waals surface area (Å²) < 4.78 is 0. The lowest BCUT2D eigenvalue weighted by molar-refractivity contribution is 0.579. The molecule has 1 aromatic rings. The Morgan fingerprint density at radius 1 is 1.37 bits per heavy atom. The molecular formula is C16H27N3. The Labute approximate surface area is 117 Å². The second kappa shape index (κ2) is 6.90. The van der Waals surface area contributed by atoms with Crippen LogP contribution in [0, 0.1) is 0 Å². The number of aromatic nitrogens is 1. The molecule has 0 bridgehead atoms. The first-order valence-electron chi connectivity index (χ1n) is 7.65. The Bertz CT molecular complexity index is 383. The van der Waals surface area contributed by atoms with Crippen LogP contribution >= 0.6 is 0 Å². The molecule has 0 spiro atoms. The Morgan fingerprint density at radius 2 is 2.11 bits per heavy atom. The fourth-order valence-electron chi connectivity index (χ4n) is 2.98. The zero-order valence-electron chi connectivity index (χ0n) is 12.5. The lowest BCUT2D eigenvalue weighted by Gasteiger charge is -2.31. The quantitative estimate of drug-likeness (QED) is 0.851. The van der Waals surface area contributed by atoms with E-state index < -0.39 is 0 Å². The van der Waals surface area contributed by atoms with Gasteiger partial charge in [-0.3, -0.25) is 4.98 Å². The van der Waals surface area contributed by atoms with E-state index in [0.717, 1.165) is 13.1 Å². The minimum Gasteiger partial charge on any atom is -0.367 e. The molecule has 1 heterocycles. The van der Waals surface area contributed by atoms with Crippen molar-refractivity contribution in [3.05, 3.63) is 24.0 Å². The maximum Gasteiger partial charge on any atom is 0.0600 e. The number of pyridine rings is 1. The predicted molar refractivity (Wildman–Crippen MR) is 81.5 cm³/mol. The third-order valence-corrected chi connectivity index (χ3v) is 4.00. The number of anilines is 1. The molecule has 1 aromatic heterocycles. The Balaban J connectivity index is 2.16. The number of rotatable bonds is 6. The van der Waals surface area contributed by atoms with Gasteiger partial charge in [0.05, 0.1) is 11.9 Å². The Kier molecular flexibility index (Phi) is 5.20. The molecule has 0 atom stereocenters. The molecule has 1 aliphatic rings. The molecule has 3 nitrogen and oxygen atoms in total. The predicted octanol–water partition coefficient (Wildman–Crippen LogP) is 3.35. The highest BCUT2D eigenvalue weighted by atomic mass is 15.2. The number of nitrogens with zero attached hydrogens (tertiary/aromatic N) is 2. The fourth-order valence-corrected chi connectivity index (χ4v) is 2.98. The second-order valence-electron chi connectivity index (χ2n) is 5.76. The third kappa shape index (κ3) is 3.69. The van der Waals surface area contributed by atoms with Crippen molar-refractivity contribution >= 4 is 5.69 Å². The van der Waals surface area contributed by atoms with Crippen LogP contribution in [-0.4, -0.2) is 23.6 Å². The molecule has 0 radical (unpaired) electrons. The van der Waals surface area contributed by atoms with Crippen LogP contribution in [0.15, 0.2) is 18.5 Å². The van der Waals surface area contributed by atoms with Crippen molar-refractivity contribution in [3.63, 3.8) is 0 Å². The molecule has 1 N–H and O–H groups in total. The molecule has 0 unspecified atom stereocenters. The summed E-state index contributed by atoms with van der Waals surface area (Å²) in [7, 11) is 0. The van der Waals surface area contributed by atoms with Gasteiger partial charge in [-0.25, -0.2) is 0 Å². The number of nitrogens with one attached hydrogen (secondary N) is 1. The van der Waals surface area contributed by atoms with Crippen molar-refractivity contribution < 1.29 is 0 Å². The standard InChI is InChI=1S/C16H27N3/c1-4-19(15-7-5-6-8-15)16-12-17-10-9-14(16)11-18-13(2)3/h9-10,12-13,15,18H,4-8,11H2,1-3H3. The molecule has 0 saturated heterocycles. The van der Waals surface area contributed by atoms with Gasteiger partial charge in [0.1, 0.15) is 0 Å². The molecule has 3 heteroatoms. The van der Waals surface area contributed by atoms with E-state index in [1.165, 1.54) is 36.9 Å². The molecule has 1 fully saturated rings. The Hall–Kier alpha value is -1.09. The summed E-state index contributed by atoms with van der Waals surface area (Å²) in [6.45, 7) is 8.64. The summed E-state index contributed by atoms with van der Waals surface area (Å²) >= 11 is 0. The summed E-state index contributed by atoms with van der Waals surface area (Å²) in [6.07, 6.45) is 9.37. The van der Waals surface area contributed by atoms with Gasteiger partial charge in [0.15, 0.2) is 0 Å². The highest BCUT2D eigenvalue weighted by molar-refractivity contribution is 5.52. The van der Waals surface area contributed by atoms with E-state index in [0.29, 0.717) is 12.1 Å². The zero-order valence-corrected chi connectivity index (χ0v) is 12.5. The van der Waals surface area contributed by atoms with Gasteiger partial charge in [-0.15, -0.1) is 0 Å². The molecular weight excluding hydrogens is 234 g/mol. The smallest absolute Gasteiger partial charge is 0.0600 e. The van der Waals surface area contributed by atoms with Gasteiger partial charge in [0, 0.05) is 31.4 Å². The number of hydrogen-bond donors (Lipinski definition) is 1. The minimum atomic E-state index is 0.516. The monoisotopic (exact) mass is 261 g/mol. The number of hydrogen-bond acceptors (Lipinski definition) is 3. The van der Waals surface area contributed by atoms with E-state index in [2.05, 4.69) is 42.0 Å². The topological polar surface area (TPSA) is 28.2 Å². The summed E-state index contributed by atoms with van der Waals surface area (Å²) in [4.78, 5) is 6.90. The van der Waals surface area contributed by atoms with Crippen LogP contribution in [0.4, 0.5) is 5.69 Å². The van der Waals surface area contributed by atoms with Crippen molar-refractivity contribution in [3.8, 4) is 0 Å². The van der Waals surface area contributed by atoms with Crippen LogP contribution in [0.5, 0.6) is 0 Å². The van der Waals surface area contributed by atoms with E-state index in [-0.39, 0.29) is 0 Å². The van der Waals surface area contributed by atoms with Gasteiger partial charge >= 0.3 is 0 Å². The van der Waals surface area contributed by atoms with E-state index in [1.54, 1.807) is 0 Å². The first-order chi connectivity index (χ1) is 9.22. The zero-order chi connectivity index (χ0) is 13.7. The normalized spacial score (nSPS) is 16.2. The highest BCUT2D eigenvalue weighted by Gasteiger charge is 2.23. The molecule has 106 valence electrons. The largest absolute Gasteiger partial charge is 0.367 e. The first-order valence-corrected chi connectivity index (χ1v) is 7.65. The van der Waals surface area contributed by atoms with Crippen molar-refractivity contribution in [2.24, 2.45) is 0 Å². The Morgan fingerprint density at radius 3 is 2.74 bits per heavy atom. The fraction of sp³-hybridized carbons (Fsp3) is 0.688. The van der Waals surface area contributed by atoms with Gasteiger partial charge in [-0.2, -0.15) is 0 Å². The van der Waals surface area contributed by atoms with E-state index >= 15 is 0 Å². The highest BCUT2D eigenvalue weighted by Crippen LogP contribution is 2.29. The van der Waals surface area contributed by atoms with E-state index in [1.807, 2.05) is 12.4 Å². The van der Waals surface area contributed by atoms with Crippen LogP contribution in [0.1, 0.15) is 52.0 Å². The van der Waals surface area contributed by atoms with E-state index in [4.69, 9.17) is 0 Å². The summed E-state index contributed by atoms with van der Waals surface area (Å²) in [5, 5.41) is 3.52. The lowest BCUT2D eigenvalue weighted by atomic mass is 10.1.